The van der Waals surface area contributed by atoms with Gasteiger partial charge in [0.15, 0.2) is 0 Å². The van der Waals surface area contributed by atoms with Crippen LogP contribution < -0.4 is 5.32 Å². The first-order valence-corrected chi connectivity index (χ1v) is 8.24. The van der Waals surface area contributed by atoms with Crippen LogP contribution in [0.25, 0.3) is 22.4 Å². The zero-order valence-electron chi connectivity index (χ0n) is 14.0. The summed E-state index contributed by atoms with van der Waals surface area (Å²) in [5.41, 5.74) is 2.30. The molecule has 0 aliphatic heterocycles. The van der Waals surface area contributed by atoms with Crippen molar-refractivity contribution in [3.8, 4) is 11.4 Å². The molecule has 0 spiro atoms. The molecule has 0 aliphatic carbocycles. The summed E-state index contributed by atoms with van der Waals surface area (Å²) in [6.45, 7) is 6.09. The van der Waals surface area contributed by atoms with Crippen LogP contribution in [0.2, 0.25) is 5.02 Å². The Morgan fingerprint density at radius 2 is 1.79 bits per heavy atom. The molecule has 0 saturated carbocycles. The molecule has 24 heavy (non-hydrogen) atoms. The highest BCUT2D eigenvalue weighted by Gasteiger charge is 2.19. The second kappa shape index (κ2) is 6.29. The average Bonchev–Trinajstić information content (AvgIpc) is 2.84. The number of halogens is 1. The number of fused-ring (bicyclic) bond motifs is 1. The minimum absolute atomic E-state index is 0.0565. The molecule has 4 nitrogen and oxygen atoms in total. The summed E-state index contributed by atoms with van der Waals surface area (Å²) < 4.78 is 1.91. The van der Waals surface area contributed by atoms with E-state index in [0.717, 1.165) is 16.6 Å². The van der Waals surface area contributed by atoms with Gasteiger partial charge in [-0.05, 0) is 45.0 Å². The lowest BCUT2D eigenvalue weighted by Crippen LogP contribution is -2.42. The number of rotatable bonds is 3. The van der Waals surface area contributed by atoms with Crippen LogP contribution >= 0.6 is 11.6 Å². The first-order chi connectivity index (χ1) is 11.3. The summed E-state index contributed by atoms with van der Waals surface area (Å²) in [6, 6.07) is 15.3. The fourth-order valence-electron chi connectivity index (χ4n) is 2.69. The quantitative estimate of drug-likeness (QED) is 0.773. The molecule has 0 fully saturated rings. The Hall–Kier alpha value is -2.33. The molecule has 1 amide bonds. The molecule has 0 saturated heterocycles. The summed E-state index contributed by atoms with van der Waals surface area (Å²) >= 11 is 6.35. The standard InChI is InChI=1S/C19H20ClN3O/c1-19(2,3)22-17(24)12-23-16-11-7-6-10-15(16)21-18(23)13-8-4-5-9-14(13)20/h4-11H,12H2,1-3H3,(H,22,24). The third-order valence-electron chi connectivity index (χ3n) is 3.59. The summed E-state index contributed by atoms with van der Waals surface area (Å²) in [5, 5.41) is 3.61. The van der Waals surface area contributed by atoms with E-state index in [2.05, 4.69) is 5.32 Å². The molecular weight excluding hydrogens is 322 g/mol. The van der Waals surface area contributed by atoms with Crippen LogP contribution in [0.15, 0.2) is 48.5 Å². The van der Waals surface area contributed by atoms with Gasteiger partial charge in [-0.2, -0.15) is 0 Å². The van der Waals surface area contributed by atoms with E-state index in [1.54, 1.807) is 0 Å². The van der Waals surface area contributed by atoms with Gasteiger partial charge in [0.05, 0.1) is 16.1 Å². The van der Waals surface area contributed by atoms with E-state index in [1.165, 1.54) is 0 Å². The van der Waals surface area contributed by atoms with Crippen molar-refractivity contribution < 1.29 is 4.79 Å². The van der Waals surface area contributed by atoms with Gasteiger partial charge in [-0.25, -0.2) is 4.98 Å². The first-order valence-electron chi connectivity index (χ1n) is 7.86. The lowest BCUT2D eigenvalue weighted by Gasteiger charge is -2.21. The maximum Gasteiger partial charge on any atom is 0.240 e. The highest BCUT2D eigenvalue weighted by atomic mass is 35.5. The first kappa shape index (κ1) is 16.5. The van der Waals surface area contributed by atoms with E-state index < -0.39 is 0 Å². The molecule has 0 radical (unpaired) electrons. The summed E-state index contributed by atoms with van der Waals surface area (Å²) in [6.07, 6.45) is 0. The van der Waals surface area contributed by atoms with Gasteiger partial charge in [-0.3, -0.25) is 4.79 Å². The molecule has 0 bridgehead atoms. The van der Waals surface area contributed by atoms with Crippen molar-refractivity contribution in [2.75, 3.05) is 0 Å². The van der Waals surface area contributed by atoms with E-state index in [4.69, 9.17) is 16.6 Å². The molecule has 0 atom stereocenters. The number of carbonyl (C=O) groups excluding carboxylic acids is 1. The van der Waals surface area contributed by atoms with Crippen LogP contribution in [-0.4, -0.2) is 21.0 Å². The van der Waals surface area contributed by atoms with Gasteiger partial charge >= 0.3 is 0 Å². The second-order valence-electron chi connectivity index (χ2n) is 6.79. The van der Waals surface area contributed by atoms with Crippen LogP contribution in [0.5, 0.6) is 0 Å². The minimum Gasteiger partial charge on any atom is -0.350 e. The van der Waals surface area contributed by atoms with E-state index in [-0.39, 0.29) is 18.0 Å². The molecule has 124 valence electrons. The van der Waals surface area contributed by atoms with Gasteiger partial charge in [0, 0.05) is 11.1 Å². The average molecular weight is 342 g/mol. The van der Waals surface area contributed by atoms with Crippen molar-refractivity contribution in [3.63, 3.8) is 0 Å². The highest BCUT2D eigenvalue weighted by Crippen LogP contribution is 2.30. The number of aromatic nitrogens is 2. The zero-order chi connectivity index (χ0) is 17.3. The van der Waals surface area contributed by atoms with Crippen LogP contribution in [0.4, 0.5) is 0 Å². The number of carbonyl (C=O) groups is 1. The maximum atomic E-state index is 12.4. The van der Waals surface area contributed by atoms with Crippen molar-refractivity contribution >= 4 is 28.5 Å². The Balaban J connectivity index is 2.10. The second-order valence-corrected chi connectivity index (χ2v) is 7.20. The molecule has 1 aromatic heterocycles. The van der Waals surface area contributed by atoms with E-state index in [9.17, 15) is 4.79 Å². The van der Waals surface area contributed by atoms with E-state index >= 15 is 0 Å². The number of nitrogens with zero attached hydrogens (tertiary/aromatic N) is 2. The highest BCUT2D eigenvalue weighted by molar-refractivity contribution is 6.33. The Morgan fingerprint density at radius 1 is 1.12 bits per heavy atom. The molecule has 0 aliphatic rings. The monoisotopic (exact) mass is 341 g/mol. The predicted molar refractivity (Wildman–Crippen MR) is 98.1 cm³/mol. The number of hydrogen-bond acceptors (Lipinski definition) is 2. The Labute approximate surface area is 146 Å². The number of para-hydroxylation sites is 2. The van der Waals surface area contributed by atoms with Crippen molar-refractivity contribution in [2.24, 2.45) is 0 Å². The maximum absolute atomic E-state index is 12.4. The van der Waals surface area contributed by atoms with E-state index in [1.807, 2.05) is 73.9 Å². The van der Waals surface area contributed by atoms with Crippen molar-refractivity contribution in [3.05, 3.63) is 53.6 Å². The predicted octanol–water partition coefficient (Wildman–Crippen LogP) is 4.27. The van der Waals surface area contributed by atoms with Gasteiger partial charge in [-0.15, -0.1) is 0 Å². The Morgan fingerprint density at radius 3 is 2.50 bits per heavy atom. The fraction of sp³-hybridized carbons (Fsp3) is 0.263. The molecular formula is C19H20ClN3O. The van der Waals surface area contributed by atoms with Crippen LogP contribution in [-0.2, 0) is 11.3 Å². The molecule has 2 aromatic carbocycles. The summed E-state index contributed by atoms with van der Waals surface area (Å²) in [4.78, 5) is 17.1. The SMILES string of the molecule is CC(C)(C)NC(=O)Cn1c(-c2ccccc2Cl)nc2ccccc21. The van der Waals surface area contributed by atoms with Gasteiger partial charge in [0.1, 0.15) is 12.4 Å². The number of nitrogens with one attached hydrogen (secondary N) is 1. The lowest BCUT2D eigenvalue weighted by atomic mass is 10.1. The zero-order valence-corrected chi connectivity index (χ0v) is 14.8. The summed E-state index contributed by atoms with van der Waals surface area (Å²) in [7, 11) is 0. The number of benzene rings is 2. The number of imidazole rings is 1. The van der Waals surface area contributed by atoms with Gasteiger partial charge in [0.25, 0.3) is 0 Å². The molecule has 0 unspecified atom stereocenters. The Kier molecular flexibility index (Phi) is 4.33. The minimum atomic E-state index is -0.280. The third kappa shape index (κ3) is 3.44. The Bertz CT molecular complexity index is 893. The van der Waals surface area contributed by atoms with Crippen molar-refractivity contribution in [1.29, 1.82) is 0 Å². The third-order valence-corrected chi connectivity index (χ3v) is 3.92. The normalized spacial score (nSPS) is 11.7. The molecule has 3 rings (SSSR count). The van der Waals surface area contributed by atoms with Gasteiger partial charge < -0.3 is 9.88 Å². The lowest BCUT2D eigenvalue weighted by molar-refractivity contribution is -0.123. The molecule has 3 aromatic rings. The van der Waals surface area contributed by atoms with Gasteiger partial charge in [-0.1, -0.05) is 35.9 Å². The molecule has 5 heteroatoms. The van der Waals surface area contributed by atoms with Gasteiger partial charge in [0.2, 0.25) is 5.91 Å². The van der Waals surface area contributed by atoms with Crippen molar-refractivity contribution in [1.82, 2.24) is 14.9 Å². The summed E-state index contributed by atoms with van der Waals surface area (Å²) in [5.74, 6) is 0.643. The number of amides is 1. The van der Waals surface area contributed by atoms with E-state index in [0.29, 0.717) is 10.8 Å². The molecule has 1 heterocycles. The smallest absolute Gasteiger partial charge is 0.240 e. The van der Waals surface area contributed by atoms with Crippen molar-refractivity contribution in [2.45, 2.75) is 32.9 Å². The van der Waals surface area contributed by atoms with Crippen LogP contribution in [0, 0.1) is 0 Å². The van der Waals surface area contributed by atoms with Crippen LogP contribution in [0.3, 0.4) is 0 Å². The number of hydrogen-bond donors (Lipinski definition) is 1. The fourth-order valence-corrected chi connectivity index (χ4v) is 2.91. The van der Waals surface area contributed by atoms with Crippen LogP contribution in [0.1, 0.15) is 20.8 Å². The molecule has 1 N–H and O–H groups in total. The topological polar surface area (TPSA) is 46.9 Å². The largest absolute Gasteiger partial charge is 0.350 e.